The molecule has 29 heavy (non-hydrogen) atoms. The van der Waals surface area contributed by atoms with Gasteiger partial charge in [-0.1, -0.05) is 19.9 Å². The van der Waals surface area contributed by atoms with Gasteiger partial charge in [0.25, 0.3) is 5.56 Å². The number of aryl methyl sites for hydroxylation is 1. The Labute approximate surface area is 166 Å². The Hall–Kier alpha value is -2.62. The van der Waals surface area contributed by atoms with Crippen molar-refractivity contribution >= 4 is 5.97 Å². The van der Waals surface area contributed by atoms with Crippen LogP contribution in [0.1, 0.15) is 31.5 Å². The predicted molar refractivity (Wildman–Crippen MR) is 101 cm³/mol. The molecule has 1 atom stereocenters. The predicted octanol–water partition coefficient (Wildman–Crippen LogP) is 2.23. The Bertz CT molecular complexity index is 861. The highest BCUT2D eigenvalue weighted by atomic mass is 19.4. The van der Waals surface area contributed by atoms with Gasteiger partial charge in [0, 0.05) is 42.8 Å². The zero-order valence-electron chi connectivity index (χ0n) is 16.3. The minimum Gasteiger partial charge on any atom is -0.475 e. The lowest BCUT2D eigenvalue weighted by atomic mass is 9.91. The first-order chi connectivity index (χ1) is 13.6. The maximum atomic E-state index is 12.2. The number of rotatable bonds is 5. The van der Waals surface area contributed by atoms with Gasteiger partial charge in [-0.15, -0.1) is 0 Å². The fraction of sp³-hybridized carbons (Fsp3) is 0.526. The van der Waals surface area contributed by atoms with Crippen LogP contribution in [0, 0.1) is 0 Å². The first kappa shape index (κ1) is 22.7. The molecule has 0 saturated heterocycles. The number of aliphatic carboxylic acids is 1. The first-order valence-electron chi connectivity index (χ1n) is 9.33. The molecule has 0 spiro atoms. The highest BCUT2D eigenvalue weighted by Gasteiger charge is 2.38. The Morgan fingerprint density at radius 2 is 2.03 bits per heavy atom. The Morgan fingerprint density at radius 1 is 1.34 bits per heavy atom. The van der Waals surface area contributed by atoms with Crippen molar-refractivity contribution in [3.05, 3.63) is 52.2 Å². The zero-order valence-corrected chi connectivity index (χ0v) is 16.3. The molecule has 7 nitrogen and oxygen atoms in total. The maximum absolute atomic E-state index is 12.2. The van der Waals surface area contributed by atoms with Crippen molar-refractivity contribution in [2.24, 2.45) is 0 Å². The number of alkyl halides is 3. The van der Waals surface area contributed by atoms with E-state index in [0.29, 0.717) is 18.6 Å². The number of hydrogen-bond acceptors (Lipinski definition) is 4. The van der Waals surface area contributed by atoms with Gasteiger partial charge in [0.05, 0.1) is 6.54 Å². The lowest BCUT2D eigenvalue weighted by molar-refractivity contribution is -0.192. The van der Waals surface area contributed by atoms with Gasteiger partial charge < -0.3 is 15.0 Å². The summed E-state index contributed by atoms with van der Waals surface area (Å²) in [6.07, 6.45) is 1.69. The number of fused-ring (bicyclic) bond motifs is 1. The molecule has 1 aliphatic carbocycles. The minimum atomic E-state index is -5.08. The second-order valence-corrected chi connectivity index (χ2v) is 7.13. The third kappa shape index (κ3) is 6.74. The second-order valence-electron chi connectivity index (χ2n) is 7.13. The van der Waals surface area contributed by atoms with Crippen LogP contribution in [0.4, 0.5) is 13.2 Å². The number of carbonyl (C=O) groups is 1. The molecule has 0 aromatic carbocycles. The molecule has 2 heterocycles. The van der Waals surface area contributed by atoms with Crippen LogP contribution in [0.15, 0.2) is 35.4 Å². The third-order valence-corrected chi connectivity index (χ3v) is 4.51. The van der Waals surface area contributed by atoms with E-state index < -0.39 is 12.1 Å². The first-order valence-corrected chi connectivity index (χ1v) is 9.33. The molecule has 10 heteroatoms. The molecule has 2 aromatic heterocycles. The highest BCUT2D eigenvalue weighted by Crippen LogP contribution is 2.20. The number of aromatic nitrogens is 3. The van der Waals surface area contributed by atoms with Crippen molar-refractivity contribution in [3.63, 3.8) is 0 Å². The molecule has 2 aromatic rings. The molecule has 0 radical (unpaired) electrons. The molecule has 1 aliphatic rings. The summed E-state index contributed by atoms with van der Waals surface area (Å²) in [5, 5.41) is 14.9. The van der Waals surface area contributed by atoms with Crippen molar-refractivity contribution in [1.29, 1.82) is 0 Å². The summed E-state index contributed by atoms with van der Waals surface area (Å²) in [5.74, 6) is -2.76. The van der Waals surface area contributed by atoms with Gasteiger partial charge in [-0.2, -0.15) is 18.3 Å². The fourth-order valence-electron chi connectivity index (χ4n) is 3.32. The van der Waals surface area contributed by atoms with Gasteiger partial charge in [-0.25, -0.2) is 4.79 Å². The van der Waals surface area contributed by atoms with E-state index in [1.54, 1.807) is 12.3 Å². The van der Waals surface area contributed by atoms with E-state index in [4.69, 9.17) is 9.90 Å². The standard InChI is InChI=1S/C17H24N4O.C2HF3O2/c1-13(2)19-15-5-6-16-14(12-15)4-7-17(22)21(16)11-10-20-9-3-8-18-20;3-2(4,5)1(6)7/h3-4,7-9,13,15,19H,5-6,10-12H2,1-2H3;(H,6,7). The van der Waals surface area contributed by atoms with Crippen LogP contribution in [-0.2, 0) is 30.7 Å². The molecule has 1 unspecified atom stereocenters. The molecule has 0 saturated carbocycles. The zero-order chi connectivity index (χ0) is 21.6. The van der Waals surface area contributed by atoms with E-state index in [-0.39, 0.29) is 5.56 Å². The highest BCUT2D eigenvalue weighted by molar-refractivity contribution is 5.73. The van der Waals surface area contributed by atoms with Crippen molar-refractivity contribution in [2.75, 3.05) is 0 Å². The van der Waals surface area contributed by atoms with Crippen LogP contribution < -0.4 is 10.9 Å². The molecule has 0 amide bonds. The van der Waals surface area contributed by atoms with Crippen LogP contribution in [0.3, 0.4) is 0 Å². The van der Waals surface area contributed by atoms with Gasteiger partial charge in [0.2, 0.25) is 0 Å². The fourth-order valence-corrected chi connectivity index (χ4v) is 3.32. The molecule has 0 fully saturated rings. The van der Waals surface area contributed by atoms with Crippen LogP contribution in [0.25, 0.3) is 0 Å². The maximum Gasteiger partial charge on any atom is 0.490 e. The number of carboxylic acid groups (broad SMARTS) is 1. The lowest BCUT2D eigenvalue weighted by Crippen LogP contribution is -2.40. The van der Waals surface area contributed by atoms with E-state index in [2.05, 4.69) is 24.3 Å². The number of nitrogens with zero attached hydrogens (tertiary/aromatic N) is 3. The largest absolute Gasteiger partial charge is 0.490 e. The number of nitrogens with one attached hydrogen (secondary N) is 1. The molecule has 160 valence electrons. The lowest BCUT2D eigenvalue weighted by Gasteiger charge is -2.29. The van der Waals surface area contributed by atoms with Gasteiger partial charge in [0.1, 0.15) is 0 Å². The summed E-state index contributed by atoms with van der Waals surface area (Å²) < 4.78 is 35.5. The van der Waals surface area contributed by atoms with Gasteiger partial charge in [-0.3, -0.25) is 9.48 Å². The van der Waals surface area contributed by atoms with E-state index in [0.717, 1.165) is 25.8 Å². The number of pyridine rings is 1. The van der Waals surface area contributed by atoms with Crippen LogP contribution in [0.2, 0.25) is 0 Å². The van der Waals surface area contributed by atoms with Crippen molar-refractivity contribution in [3.8, 4) is 0 Å². The molecular formula is C19H25F3N4O3. The van der Waals surface area contributed by atoms with E-state index in [1.165, 1.54) is 11.3 Å². The summed E-state index contributed by atoms with van der Waals surface area (Å²) in [5.41, 5.74) is 2.62. The van der Waals surface area contributed by atoms with Crippen molar-refractivity contribution in [2.45, 2.75) is 64.5 Å². The summed E-state index contributed by atoms with van der Waals surface area (Å²) >= 11 is 0. The Morgan fingerprint density at radius 3 is 2.59 bits per heavy atom. The Kier molecular flexibility index (Phi) is 7.60. The quantitative estimate of drug-likeness (QED) is 0.783. The summed E-state index contributed by atoms with van der Waals surface area (Å²) in [6, 6.07) is 6.64. The molecule has 0 bridgehead atoms. The average molecular weight is 414 g/mol. The average Bonchev–Trinajstić information content (AvgIpc) is 3.13. The SMILES string of the molecule is CC(C)NC1CCc2c(ccc(=O)n2CCn2cccn2)C1.O=C(O)C(F)(F)F. The Balaban J connectivity index is 0.000000370. The number of halogens is 3. The summed E-state index contributed by atoms with van der Waals surface area (Å²) in [6.45, 7) is 5.78. The number of hydrogen-bond donors (Lipinski definition) is 2. The van der Waals surface area contributed by atoms with E-state index in [1.807, 2.05) is 27.6 Å². The summed E-state index contributed by atoms with van der Waals surface area (Å²) in [4.78, 5) is 21.1. The number of carboxylic acids is 1. The van der Waals surface area contributed by atoms with E-state index >= 15 is 0 Å². The monoisotopic (exact) mass is 414 g/mol. The van der Waals surface area contributed by atoms with Crippen LogP contribution in [0.5, 0.6) is 0 Å². The van der Waals surface area contributed by atoms with Gasteiger partial charge >= 0.3 is 12.1 Å². The van der Waals surface area contributed by atoms with Gasteiger partial charge in [-0.05, 0) is 30.9 Å². The van der Waals surface area contributed by atoms with Crippen molar-refractivity contribution < 1.29 is 23.1 Å². The molecular weight excluding hydrogens is 389 g/mol. The molecule has 0 aliphatic heterocycles. The smallest absolute Gasteiger partial charge is 0.475 e. The normalized spacial score (nSPS) is 16.1. The van der Waals surface area contributed by atoms with Crippen LogP contribution in [-0.4, -0.2) is 43.7 Å². The van der Waals surface area contributed by atoms with Crippen LogP contribution >= 0.6 is 0 Å². The summed E-state index contributed by atoms with van der Waals surface area (Å²) in [7, 11) is 0. The van der Waals surface area contributed by atoms with Crippen molar-refractivity contribution in [1.82, 2.24) is 19.7 Å². The molecule has 2 N–H and O–H groups in total. The minimum absolute atomic E-state index is 0.0983. The van der Waals surface area contributed by atoms with E-state index in [9.17, 15) is 18.0 Å². The third-order valence-electron chi connectivity index (χ3n) is 4.51. The second kappa shape index (κ2) is 9.73. The molecule has 3 rings (SSSR count). The van der Waals surface area contributed by atoms with Gasteiger partial charge in [0.15, 0.2) is 0 Å². The topological polar surface area (TPSA) is 89.2 Å².